The summed E-state index contributed by atoms with van der Waals surface area (Å²) in [6.45, 7) is -0.250. The predicted octanol–water partition coefficient (Wildman–Crippen LogP) is -0.735. The lowest BCUT2D eigenvalue weighted by atomic mass is 10.2. The fourth-order valence-corrected chi connectivity index (χ4v) is 2.19. The minimum atomic E-state index is -1.28. The van der Waals surface area contributed by atoms with Crippen LogP contribution in [0.3, 0.4) is 0 Å². The van der Waals surface area contributed by atoms with Crippen LogP contribution in [0, 0.1) is 5.21 Å². The minimum absolute atomic E-state index is 0.101. The average Bonchev–Trinajstić information content (AvgIpc) is 2.97. The molecule has 0 unspecified atom stereocenters. The number of hydrogen-bond acceptors (Lipinski definition) is 6. The van der Waals surface area contributed by atoms with E-state index in [0.717, 1.165) is 6.33 Å². The minimum Gasteiger partial charge on any atom is -0.740 e. The van der Waals surface area contributed by atoms with Gasteiger partial charge in [0.15, 0.2) is 11.7 Å². The molecule has 1 saturated heterocycles. The number of rotatable bonds is 2. The number of nitrogen functional groups attached to an aromatic ring is 1. The topological polar surface area (TPSA) is 113 Å². The highest BCUT2D eigenvalue weighted by Crippen LogP contribution is 2.33. The molecular weight excluding hydrogens is 257 g/mol. The van der Waals surface area contributed by atoms with Crippen LogP contribution in [-0.4, -0.2) is 38.5 Å². The molecule has 8 nitrogen and oxygen atoms in total. The number of aliphatic hydroxyl groups is 1. The molecule has 0 radical (unpaired) electrons. The van der Waals surface area contributed by atoms with Crippen LogP contribution < -0.4 is 10.5 Å². The van der Waals surface area contributed by atoms with Gasteiger partial charge >= 0.3 is 0 Å². The van der Waals surface area contributed by atoms with Gasteiger partial charge < -0.3 is 20.8 Å². The molecule has 0 spiro atoms. The Labute approximate surface area is 106 Å². The summed E-state index contributed by atoms with van der Waals surface area (Å²) in [5, 5.41) is 20.3. The van der Waals surface area contributed by atoms with Crippen LogP contribution in [0.4, 0.5) is 10.2 Å². The number of halogens is 1. The molecule has 1 aliphatic rings. The zero-order valence-corrected chi connectivity index (χ0v) is 9.81. The molecule has 0 aliphatic carbocycles. The molecule has 3 atom stereocenters. The van der Waals surface area contributed by atoms with E-state index in [1.54, 1.807) is 0 Å². The lowest BCUT2D eigenvalue weighted by molar-refractivity contribution is -0.592. The van der Waals surface area contributed by atoms with Crippen molar-refractivity contribution in [1.82, 2.24) is 14.5 Å². The van der Waals surface area contributed by atoms with Crippen LogP contribution in [0.5, 0.6) is 0 Å². The first-order valence-electron chi connectivity index (χ1n) is 5.72. The van der Waals surface area contributed by atoms with Gasteiger partial charge in [0, 0.05) is 6.42 Å². The molecule has 1 aliphatic heterocycles. The number of aromatic nitrogens is 4. The summed E-state index contributed by atoms with van der Waals surface area (Å²) in [4.78, 5) is 7.85. The van der Waals surface area contributed by atoms with E-state index >= 15 is 0 Å². The molecule has 2 aromatic heterocycles. The predicted molar refractivity (Wildman–Crippen MR) is 61.4 cm³/mol. The molecule has 9 heteroatoms. The molecule has 3 heterocycles. The third-order valence-electron chi connectivity index (χ3n) is 3.14. The van der Waals surface area contributed by atoms with Crippen LogP contribution in [0.2, 0.25) is 0 Å². The molecule has 3 N–H and O–H groups in total. The fourth-order valence-electron chi connectivity index (χ4n) is 2.19. The summed E-state index contributed by atoms with van der Waals surface area (Å²) < 4.78 is 21.0. The van der Waals surface area contributed by atoms with Gasteiger partial charge in [-0.2, -0.15) is 0 Å². The third kappa shape index (κ3) is 1.78. The second-order valence-corrected chi connectivity index (χ2v) is 4.36. The third-order valence-corrected chi connectivity index (χ3v) is 3.14. The molecule has 0 amide bonds. The van der Waals surface area contributed by atoms with E-state index in [9.17, 15) is 9.60 Å². The molecule has 102 valence electrons. The average molecular weight is 269 g/mol. The van der Waals surface area contributed by atoms with Crippen LogP contribution >= 0.6 is 0 Å². The van der Waals surface area contributed by atoms with Crippen molar-refractivity contribution in [3.8, 4) is 0 Å². The van der Waals surface area contributed by atoms with Crippen molar-refractivity contribution in [2.75, 3.05) is 12.3 Å². The van der Waals surface area contributed by atoms with E-state index in [1.165, 1.54) is 10.9 Å². The van der Waals surface area contributed by atoms with E-state index in [-0.39, 0.29) is 30.0 Å². The van der Waals surface area contributed by atoms with Crippen molar-refractivity contribution >= 4 is 17.0 Å². The van der Waals surface area contributed by atoms with Gasteiger partial charge in [0.05, 0.1) is 12.7 Å². The Balaban J connectivity index is 2.05. The Morgan fingerprint density at radius 2 is 2.42 bits per heavy atom. The number of hydrogen-bond donors (Lipinski definition) is 2. The largest absolute Gasteiger partial charge is 0.740 e. The Kier molecular flexibility index (Phi) is 2.72. The van der Waals surface area contributed by atoms with E-state index < -0.39 is 18.5 Å². The summed E-state index contributed by atoms with van der Waals surface area (Å²) >= 11 is 0. The Morgan fingerprint density at radius 1 is 1.63 bits per heavy atom. The Morgan fingerprint density at radius 3 is 3.11 bits per heavy atom. The van der Waals surface area contributed by atoms with Gasteiger partial charge in [-0.15, -0.1) is 0 Å². The lowest BCUT2D eigenvalue weighted by Gasteiger charge is -2.14. The standard InChI is InChI=1S/C10H12FN5O3/c11-6-1-5(2-17)19-10(6)15-3-13-7-8(12)16(18)4-14-9(7)15/h3-6,10,17H,1-2,12H2/t5-,6-,10+/m0/s1. The maximum atomic E-state index is 13.9. The Hall–Kier alpha value is -2.00. The number of imidazole rings is 1. The van der Waals surface area contributed by atoms with Crippen molar-refractivity contribution in [1.29, 1.82) is 0 Å². The van der Waals surface area contributed by atoms with Crippen LogP contribution in [-0.2, 0) is 4.74 Å². The molecule has 19 heavy (non-hydrogen) atoms. The first kappa shape index (κ1) is 12.1. The highest BCUT2D eigenvalue weighted by Gasteiger charge is 2.38. The second-order valence-electron chi connectivity index (χ2n) is 4.36. The van der Waals surface area contributed by atoms with Crippen LogP contribution in [0.1, 0.15) is 12.6 Å². The molecular formula is C10H12FN5O3. The first-order valence-corrected chi connectivity index (χ1v) is 5.72. The number of anilines is 1. The van der Waals surface area contributed by atoms with E-state index in [0.29, 0.717) is 4.73 Å². The van der Waals surface area contributed by atoms with Gasteiger partial charge in [-0.05, 0) is 0 Å². The van der Waals surface area contributed by atoms with E-state index in [1.807, 2.05) is 0 Å². The van der Waals surface area contributed by atoms with Crippen molar-refractivity contribution in [2.45, 2.75) is 24.9 Å². The summed E-state index contributed by atoms with van der Waals surface area (Å²) in [6, 6.07) is 0. The number of nitrogens with two attached hydrogens (primary N) is 1. The summed E-state index contributed by atoms with van der Waals surface area (Å²) in [5.41, 5.74) is 6.05. The molecule has 0 bridgehead atoms. The lowest BCUT2D eigenvalue weighted by Crippen LogP contribution is -2.31. The Bertz CT molecular complexity index is 618. The zero-order valence-electron chi connectivity index (χ0n) is 9.81. The highest BCUT2D eigenvalue weighted by molar-refractivity contribution is 5.79. The van der Waals surface area contributed by atoms with Crippen molar-refractivity contribution in [3.05, 3.63) is 17.9 Å². The second kappa shape index (κ2) is 4.28. The molecule has 2 aromatic rings. The summed E-state index contributed by atoms with van der Waals surface area (Å²) in [6.07, 6.45) is -0.339. The van der Waals surface area contributed by atoms with Crippen molar-refractivity contribution < 1.29 is 19.0 Å². The van der Waals surface area contributed by atoms with E-state index in [2.05, 4.69) is 9.97 Å². The van der Waals surface area contributed by atoms with E-state index in [4.69, 9.17) is 15.6 Å². The number of ether oxygens (including phenoxy) is 1. The summed E-state index contributed by atoms with van der Waals surface area (Å²) in [7, 11) is 0. The van der Waals surface area contributed by atoms with Crippen LogP contribution in [0.25, 0.3) is 11.2 Å². The zero-order chi connectivity index (χ0) is 13.6. The number of alkyl halides is 1. The van der Waals surface area contributed by atoms with Gasteiger partial charge in [-0.3, -0.25) is 4.57 Å². The van der Waals surface area contributed by atoms with Gasteiger partial charge in [-0.1, -0.05) is 4.98 Å². The molecule has 1 fully saturated rings. The van der Waals surface area contributed by atoms with Gasteiger partial charge in [0.25, 0.3) is 5.82 Å². The quantitative estimate of drug-likeness (QED) is 0.548. The molecule has 0 aromatic carbocycles. The molecule has 0 saturated carbocycles. The summed E-state index contributed by atoms with van der Waals surface area (Å²) in [5.74, 6) is -0.101. The van der Waals surface area contributed by atoms with Gasteiger partial charge in [0.1, 0.15) is 12.5 Å². The SMILES string of the molecule is Nc1c2ncn([C@@H]3O[C@H](CO)C[C@@H]3F)c2nc[n+]1[O-]. The first-order chi connectivity index (χ1) is 9.11. The number of nitrogens with zero attached hydrogens (tertiary/aromatic N) is 4. The monoisotopic (exact) mass is 269 g/mol. The number of aliphatic hydroxyl groups excluding tert-OH is 1. The normalized spacial score (nSPS) is 27.2. The van der Waals surface area contributed by atoms with Crippen LogP contribution in [0.15, 0.2) is 12.7 Å². The highest BCUT2D eigenvalue weighted by atomic mass is 19.1. The van der Waals surface area contributed by atoms with Crippen molar-refractivity contribution in [2.24, 2.45) is 0 Å². The number of fused-ring (bicyclic) bond motifs is 1. The maximum Gasteiger partial charge on any atom is 0.251 e. The van der Waals surface area contributed by atoms with Crippen molar-refractivity contribution in [3.63, 3.8) is 0 Å². The van der Waals surface area contributed by atoms with Gasteiger partial charge in [0.2, 0.25) is 12.0 Å². The maximum absolute atomic E-state index is 13.9. The fraction of sp³-hybridized carbons (Fsp3) is 0.500. The smallest absolute Gasteiger partial charge is 0.251 e. The molecule has 3 rings (SSSR count). The van der Waals surface area contributed by atoms with Gasteiger partial charge in [-0.25, -0.2) is 14.1 Å².